The summed E-state index contributed by atoms with van der Waals surface area (Å²) in [6.07, 6.45) is 6.25. The Balaban J connectivity index is 3.20. The molecule has 0 spiro atoms. The van der Waals surface area contributed by atoms with Gasteiger partial charge < -0.3 is 0 Å². The van der Waals surface area contributed by atoms with Crippen molar-refractivity contribution in [1.29, 1.82) is 0 Å². The van der Waals surface area contributed by atoms with Gasteiger partial charge in [-0.15, -0.1) is 6.42 Å². The van der Waals surface area contributed by atoms with Crippen molar-refractivity contribution in [2.45, 2.75) is 0 Å². The molecule has 0 saturated heterocycles. The summed E-state index contributed by atoms with van der Waals surface area (Å²) in [5, 5.41) is -0.0459. The third-order valence-electron chi connectivity index (χ3n) is 0.963. The van der Waals surface area contributed by atoms with Crippen LogP contribution in [0.1, 0.15) is 5.56 Å². The highest BCUT2D eigenvalue weighted by molar-refractivity contribution is 6.30. The van der Waals surface area contributed by atoms with Crippen molar-refractivity contribution in [2.24, 2.45) is 0 Å². The minimum atomic E-state index is -0.694. The quantitative estimate of drug-likeness (QED) is 0.412. The minimum absolute atomic E-state index is 0.0459. The molecule has 3 heteroatoms. The predicted molar refractivity (Wildman–Crippen MR) is 37.1 cm³/mol. The molecule has 1 heterocycles. The summed E-state index contributed by atoms with van der Waals surface area (Å²) in [6, 6.07) is 1.35. The van der Waals surface area contributed by atoms with E-state index in [1.165, 1.54) is 12.3 Å². The summed E-state index contributed by atoms with van der Waals surface area (Å²) in [6.45, 7) is 0. The van der Waals surface area contributed by atoms with Gasteiger partial charge in [0.25, 0.3) is 0 Å². The van der Waals surface area contributed by atoms with Crippen LogP contribution in [0, 0.1) is 18.3 Å². The number of hydrogen-bond acceptors (Lipinski definition) is 1. The van der Waals surface area contributed by atoms with Crippen LogP contribution in [0.15, 0.2) is 12.3 Å². The third kappa shape index (κ3) is 1.26. The Morgan fingerprint density at radius 2 is 2.40 bits per heavy atom. The Hall–Kier alpha value is -1.07. The lowest BCUT2D eigenvalue weighted by Crippen LogP contribution is -1.84. The maximum Gasteiger partial charge on any atom is 0.231 e. The fourth-order valence-corrected chi connectivity index (χ4v) is 0.667. The van der Waals surface area contributed by atoms with E-state index in [9.17, 15) is 4.39 Å². The molecule has 0 radical (unpaired) electrons. The molecule has 0 unspecified atom stereocenters. The summed E-state index contributed by atoms with van der Waals surface area (Å²) in [4.78, 5) is 3.31. The molecule has 1 rings (SSSR count). The van der Waals surface area contributed by atoms with Gasteiger partial charge in [0.05, 0.1) is 5.02 Å². The second-order valence-electron chi connectivity index (χ2n) is 1.64. The summed E-state index contributed by atoms with van der Waals surface area (Å²) in [5.74, 6) is 1.59. The molecule has 1 aromatic rings. The van der Waals surface area contributed by atoms with Gasteiger partial charge in [-0.05, 0) is 6.07 Å². The highest BCUT2D eigenvalue weighted by atomic mass is 35.5. The van der Waals surface area contributed by atoms with Crippen molar-refractivity contribution in [1.82, 2.24) is 4.98 Å². The zero-order valence-corrected chi connectivity index (χ0v) is 5.69. The van der Waals surface area contributed by atoms with E-state index in [-0.39, 0.29) is 5.02 Å². The molecule has 0 atom stereocenters. The Labute approximate surface area is 62.8 Å². The van der Waals surface area contributed by atoms with E-state index in [0.717, 1.165) is 0 Å². The van der Waals surface area contributed by atoms with Crippen LogP contribution in [-0.4, -0.2) is 4.98 Å². The van der Waals surface area contributed by atoms with E-state index in [2.05, 4.69) is 10.9 Å². The molecule has 0 N–H and O–H groups in total. The van der Waals surface area contributed by atoms with E-state index in [1.807, 2.05) is 0 Å². The summed E-state index contributed by atoms with van der Waals surface area (Å²) in [5.41, 5.74) is 0.478. The van der Waals surface area contributed by atoms with Crippen LogP contribution < -0.4 is 0 Å². The largest absolute Gasteiger partial charge is 0.231 e. The molecule has 0 aliphatic carbocycles. The SMILES string of the molecule is C#Cc1cnc(F)c(Cl)c1. The highest BCUT2D eigenvalue weighted by Crippen LogP contribution is 2.12. The Morgan fingerprint density at radius 3 is 2.90 bits per heavy atom. The second-order valence-corrected chi connectivity index (χ2v) is 2.05. The molecular weight excluding hydrogens is 153 g/mol. The van der Waals surface area contributed by atoms with Crippen LogP contribution in [0.25, 0.3) is 0 Å². The lowest BCUT2D eigenvalue weighted by molar-refractivity contribution is 0.584. The number of aromatic nitrogens is 1. The molecule has 0 saturated carbocycles. The van der Waals surface area contributed by atoms with Crippen molar-refractivity contribution in [3.63, 3.8) is 0 Å². The zero-order valence-electron chi connectivity index (χ0n) is 4.94. The number of pyridine rings is 1. The molecule has 1 aromatic heterocycles. The molecule has 0 aromatic carbocycles. The number of halogens is 2. The average Bonchev–Trinajstić information content (AvgIpc) is 1.95. The first-order valence-electron chi connectivity index (χ1n) is 2.51. The van der Waals surface area contributed by atoms with Gasteiger partial charge in [-0.3, -0.25) is 0 Å². The molecule has 10 heavy (non-hydrogen) atoms. The van der Waals surface area contributed by atoms with Crippen LogP contribution in [0.4, 0.5) is 4.39 Å². The van der Waals surface area contributed by atoms with Crippen LogP contribution >= 0.6 is 11.6 Å². The lowest BCUT2D eigenvalue weighted by Gasteiger charge is -1.91. The maximum absolute atomic E-state index is 12.3. The summed E-state index contributed by atoms with van der Waals surface area (Å²) >= 11 is 5.36. The first-order chi connectivity index (χ1) is 4.74. The number of nitrogens with zero attached hydrogens (tertiary/aromatic N) is 1. The van der Waals surface area contributed by atoms with Gasteiger partial charge >= 0.3 is 0 Å². The topological polar surface area (TPSA) is 12.9 Å². The lowest BCUT2D eigenvalue weighted by atomic mass is 10.3. The van der Waals surface area contributed by atoms with Gasteiger partial charge in [-0.25, -0.2) is 4.98 Å². The van der Waals surface area contributed by atoms with Gasteiger partial charge in [0, 0.05) is 11.8 Å². The van der Waals surface area contributed by atoms with Crippen molar-refractivity contribution in [3.8, 4) is 12.3 Å². The monoisotopic (exact) mass is 155 g/mol. The van der Waals surface area contributed by atoms with Crippen LogP contribution in [-0.2, 0) is 0 Å². The van der Waals surface area contributed by atoms with E-state index in [0.29, 0.717) is 5.56 Å². The molecule has 0 bridgehead atoms. The molecule has 0 amide bonds. The predicted octanol–water partition coefficient (Wildman–Crippen LogP) is 1.86. The van der Waals surface area contributed by atoms with Crippen LogP contribution in [0.2, 0.25) is 5.02 Å². The van der Waals surface area contributed by atoms with Gasteiger partial charge in [-0.2, -0.15) is 4.39 Å². The molecule has 50 valence electrons. The van der Waals surface area contributed by atoms with Gasteiger partial charge in [0.1, 0.15) is 0 Å². The standard InChI is InChI=1S/C7H3ClFN/c1-2-5-3-6(8)7(9)10-4-5/h1,3-4H. The number of terminal acetylenes is 1. The van der Waals surface area contributed by atoms with Gasteiger partial charge in [-0.1, -0.05) is 17.5 Å². The minimum Gasteiger partial charge on any atom is -0.226 e. The maximum atomic E-state index is 12.3. The van der Waals surface area contributed by atoms with Crippen molar-refractivity contribution < 1.29 is 4.39 Å². The summed E-state index contributed by atoms with van der Waals surface area (Å²) in [7, 11) is 0. The smallest absolute Gasteiger partial charge is 0.226 e. The van der Waals surface area contributed by atoms with E-state index in [4.69, 9.17) is 18.0 Å². The number of hydrogen-bond donors (Lipinski definition) is 0. The molecular formula is C7H3ClFN. The first kappa shape index (κ1) is 7.04. The molecule has 1 nitrogen and oxygen atoms in total. The van der Waals surface area contributed by atoms with Crippen LogP contribution in [0.5, 0.6) is 0 Å². The van der Waals surface area contributed by atoms with Crippen molar-refractivity contribution in [2.75, 3.05) is 0 Å². The van der Waals surface area contributed by atoms with Crippen molar-refractivity contribution in [3.05, 3.63) is 28.8 Å². The average molecular weight is 156 g/mol. The third-order valence-corrected chi connectivity index (χ3v) is 1.23. The molecule has 0 aliphatic heterocycles. The fraction of sp³-hybridized carbons (Fsp3) is 0. The molecule has 0 fully saturated rings. The highest BCUT2D eigenvalue weighted by Gasteiger charge is 1.98. The number of rotatable bonds is 0. The van der Waals surface area contributed by atoms with Gasteiger partial charge in [0.15, 0.2) is 0 Å². The molecule has 0 aliphatic rings. The zero-order chi connectivity index (χ0) is 7.56. The summed E-state index contributed by atoms with van der Waals surface area (Å²) < 4.78 is 12.3. The Bertz CT molecular complexity index is 290. The van der Waals surface area contributed by atoms with Crippen molar-refractivity contribution >= 4 is 11.6 Å². The second kappa shape index (κ2) is 2.68. The van der Waals surface area contributed by atoms with E-state index < -0.39 is 5.95 Å². The normalized spacial score (nSPS) is 8.90. The first-order valence-corrected chi connectivity index (χ1v) is 2.89. The van der Waals surface area contributed by atoms with Crippen LogP contribution in [0.3, 0.4) is 0 Å². The van der Waals surface area contributed by atoms with E-state index in [1.54, 1.807) is 0 Å². The van der Waals surface area contributed by atoms with Gasteiger partial charge in [0.2, 0.25) is 5.95 Å². The fourth-order valence-electron chi connectivity index (χ4n) is 0.500. The van der Waals surface area contributed by atoms with E-state index >= 15 is 0 Å². The Morgan fingerprint density at radius 1 is 1.70 bits per heavy atom. The Kier molecular flexibility index (Phi) is 1.88.